The third-order valence-electron chi connectivity index (χ3n) is 5.00. The van der Waals surface area contributed by atoms with Crippen LogP contribution in [-0.2, 0) is 24.3 Å². The molecule has 0 bridgehead atoms. The number of carbonyl (C=O) groups excluding carboxylic acids is 2. The van der Waals surface area contributed by atoms with Crippen LogP contribution in [-0.4, -0.2) is 22.8 Å². The molecule has 0 spiro atoms. The van der Waals surface area contributed by atoms with Gasteiger partial charge in [-0.3, -0.25) is 9.59 Å². The van der Waals surface area contributed by atoms with E-state index in [4.69, 9.17) is 16.0 Å². The van der Waals surface area contributed by atoms with Crippen LogP contribution in [0.15, 0.2) is 59.2 Å². The molecule has 1 aliphatic carbocycles. The van der Waals surface area contributed by atoms with E-state index in [1.807, 2.05) is 48.5 Å². The quantitative estimate of drug-likeness (QED) is 0.504. The number of benzene rings is 1. The van der Waals surface area contributed by atoms with Gasteiger partial charge in [0.2, 0.25) is 5.91 Å². The van der Waals surface area contributed by atoms with Gasteiger partial charge in [0, 0.05) is 29.4 Å². The van der Waals surface area contributed by atoms with E-state index in [0.717, 1.165) is 33.4 Å². The van der Waals surface area contributed by atoms with Crippen molar-refractivity contribution in [1.29, 1.82) is 0 Å². The average Bonchev–Trinajstić information content (AvgIpc) is 3.22. The lowest BCUT2D eigenvalue weighted by Gasteiger charge is -2.22. The molecule has 30 heavy (non-hydrogen) atoms. The molecule has 0 unspecified atom stereocenters. The summed E-state index contributed by atoms with van der Waals surface area (Å²) in [6.45, 7) is 0.857. The summed E-state index contributed by atoms with van der Waals surface area (Å²) in [7, 11) is 0. The fourth-order valence-corrected chi connectivity index (χ4v) is 4.26. The second-order valence-electron chi connectivity index (χ2n) is 7.48. The largest absolute Gasteiger partial charge is 0.467 e. The number of aryl methyl sites for hydroxylation is 1. The Kier molecular flexibility index (Phi) is 6.55. The smallest absolute Gasteiger partial charge is 0.251 e. The highest BCUT2D eigenvalue weighted by Crippen LogP contribution is 2.23. The molecule has 5 nitrogen and oxygen atoms in total. The molecule has 0 atom stereocenters. The standard InChI is InChI=1S/C23H23ClN2O3S/c24-21-11-9-20(30-21)10-12-22(27)26(15-19-2-1-13-29-19)14-16-3-5-17(6-4-16)23(28)25-18-7-8-18/h1-6,9,11,13,18H,7-8,10,12,14-15H2,(H,25,28). The Morgan fingerprint density at radius 2 is 1.90 bits per heavy atom. The number of hydrogen-bond acceptors (Lipinski definition) is 4. The van der Waals surface area contributed by atoms with E-state index in [1.165, 1.54) is 11.3 Å². The van der Waals surface area contributed by atoms with Crippen LogP contribution in [0, 0.1) is 0 Å². The van der Waals surface area contributed by atoms with Gasteiger partial charge in [0.15, 0.2) is 0 Å². The van der Waals surface area contributed by atoms with Crippen molar-refractivity contribution >= 4 is 34.8 Å². The number of hydrogen-bond donors (Lipinski definition) is 1. The van der Waals surface area contributed by atoms with Crippen LogP contribution in [0.5, 0.6) is 0 Å². The minimum absolute atomic E-state index is 0.0397. The van der Waals surface area contributed by atoms with E-state index in [1.54, 1.807) is 11.2 Å². The Balaban J connectivity index is 1.40. The fourth-order valence-electron chi connectivity index (χ4n) is 3.18. The Morgan fingerprint density at radius 3 is 2.53 bits per heavy atom. The van der Waals surface area contributed by atoms with Gasteiger partial charge in [-0.15, -0.1) is 11.3 Å². The summed E-state index contributed by atoms with van der Waals surface area (Å²) in [5.41, 5.74) is 1.61. The van der Waals surface area contributed by atoms with Crippen LogP contribution in [0.1, 0.15) is 45.8 Å². The lowest BCUT2D eigenvalue weighted by Crippen LogP contribution is -2.30. The third kappa shape index (κ3) is 5.74. The van der Waals surface area contributed by atoms with E-state index in [9.17, 15) is 9.59 Å². The third-order valence-corrected chi connectivity index (χ3v) is 6.29. The number of nitrogens with zero attached hydrogens (tertiary/aromatic N) is 1. The van der Waals surface area contributed by atoms with Crippen LogP contribution in [0.25, 0.3) is 0 Å². The number of carbonyl (C=O) groups is 2. The molecule has 2 aromatic heterocycles. The molecule has 2 heterocycles. The van der Waals surface area contributed by atoms with E-state index in [2.05, 4.69) is 5.32 Å². The molecule has 1 N–H and O–H groups in total. The average molecular weight is 443 g/mol. The first-order valence-electron chi connectivity index (χ1n) is 10.0. The Hall–Kier alpha value is -2.57. The topological polar surface area (TPSA) is 62.6 Å². The molecule has 1 aliphatic rings. The molecule has 7 heteroatoms. The summed E-state index contributed by atoms with van der Waals surface area (Å²) in [4.78, 5) is 28.0. The minimum Gasteiger partial charge on any atom is -0.467 e. The zero-order chi connectivity index (χ0) is 20.9. The van der Waals surface area contributed by atoms with Crippen molar-refractivity contribution in [2.45, 2.75) is 44.8 Å². The van der Waals surface area contributed by atoms with Gasteiger partial charge in [-0.25, -0.2) is 0 Å². The maximum atomic E-state index is 12.9. The van der Waals surface area contributed by atoms with Gasteiger partial charge in [-0.2, -0.15) is 0 Å². The highest BCUT2D eigenvalue weighted by Gasteiger charge is 2.23. The second kappa shape index (κ2) is 9.49. The van der Waals surface area contributed by atoms with Gasteiger partial charge in [0.05, 0.1) is 17.1 Å². The number of halogens is 1. The van der Waals surface area contributed by atoms with E-state index >= 15 is 0 Å². The van der Waals surface area contributed by atoms with Gasteiger partial charge in [0.25, 0.3) is 5.91 Å². The van der Waals surface area contributed by atoms with Crippen LogP contribution in [0.2, 0.25) is 4.34 Å². The lowest BCUT2D eigenvalue weighted by atomic mass is 10.1. The predicted octanol–water partition coefficient (Wildman–Crippen LogP) is 5.05. The lowest BCUT2D eigenvalue weighted by molar-refractivity contribution is -0.132. The first-order chi connectivity index (χ1) is 14.6. The molecule has 0 saturated heterocycles. The summed E-state index contributed by atoms with van der Waals surface area (Å²) in [6.07, 6.45) is 4.79. The Labute approximate surface area is 184 Å². The maximum Gasteiger partial charge on any atom is 0.251 e. The maximum absolute atomic E-state index is 12.9. The summed E-state index contributed by atoms with van der Waals surface area (Å²) in [5.74, 6) is 0.747. The zero-order valence-electron chi connectivity index (χ0n) is 16.5. The fraction of sp³-hybridized carbons (Fsp3) is 0.304. The van der Waals surface area contributed by atoms with Crippen molar-refractivity contribution in [1.82, 2.24) is 10.2 Å². The molecule has 0 aliphatic heterocycles. The number of nitrogens with one attached hydrogen (secondary N) is 1. The highest BCUT2D eigenvalue weighted by atomic mass is 35.5. The molecule has 2 amide bonds. The van der Waals surface area contributed by atoms with Gasteiger partial charge in [-0.05, 0) is 61.2 Å². The van der Waals surface area contributed by atoms with Gasteiger partial charge < -0.3 is 14.6 Å². The van der Waals surface area contributed by atoms with Crippen molar-refractivity contribution in [3.05, 3.63) is 80.9 Å². The molecule has 1 aromatic carbocycles. The summed E-state index contributed by atoms with van der Waals surface area (Å²) in [6, 6.07) is 15.3. The van der Waals surface area contributed by atoms with Crippen molar-refractivity contribution in [3.8, 4) is 0 Å². The molecule has 1 saturated carbocycles. The molecule has 4 rings (SSSR count). The monoisotopic (exact) mass is 442 g/mol. The number of amides is 2. The van der Waals surface area contributed by atoms with Gasteiger partial charge >= 0.3 is 0 Å². The van der Waals surface area contributed by atoms with Crippen LogP contribution in [0.4, 0.5) is 0 Å². The Bertz CT molecular complexity index is 994. The van der Waals surface area contributed by atoms with Crippen molar-refractivity contribution in [2.24, 2.45) is 0 Å². The van der Waals surface area contributed by atoms with Crippen molar-refractivity contribution in [2.75, 3.05) is 0 Å². The predicted molar refractivity (Wildman–Crippen MR) is 118 cm³/mol. The molecule has 1 fully saturated rings. The number of thiophene rings is 1. The molecular formula is C23H23ClN2O3S. The van der Waals surface area contributed by atoms with Gasteiger partial charge in [-0.1, -0.05) is 23.7 Å². The highest BCUT2D eigenvalue weighted by molar-refractivity contribution is 7.16. The SMILES string of the molecule is O=C(NC1CC1)c1ccc(CN(Cc2ccco2)C(=O)CCc2ccc(Cl)s2)cc1. The molecule has 3 aromatic rings. The van der Waals surface area contributed by atoms with E-state index in [0.29, 0.717) is 37.5 Å². The molecule has 0 radical (unpaired) electrons. The summed E-state index contributed by atoms with van der Waals surface area (Å²) >= 11 is 7.49. The van der Waals surface area contributed by atoms with Crippen LogP contribution in [0.3, 0.4) is 0 Å². The second-order valence-corrected chi connectivity index (χ2v) is 9.28. The van der Waals surface area contributed by atoms with E-state index in [-0.39, 0.29) is 11.8 Å². The minimum atomic E-state index is -0.0397. The van der Waals surface area contributed by atoms with Crippen LogP contribution >= 0.6 is 22.9 Å². The zero-order valence-corrected chi connectivity index (χ0v) is 18.0. The number of rotatable bonds is 9. The normalized spacial score (nSPS) is 13.2. The molecular weight excluding hydrogens is 420 g/mol. The first kappa shape index (κ1) is 20.7. The van der Waals surface area contributed by atoms with Gasteiger partial charge in [0.1, 0.15) is 5.76 Å². The summed E-state index contributed by atoms with van der Waals surface area (Å²) < 4.78 is 6.18. The summed E-state index contributed by atoms with van der Waals surface area (Å²) in [5, 5.41) is 2.99. The Morgan fingerprint density at radius 1 is 1.10 bits per heavy atom. The van der Waals surface area contributed by atoms with Crippen molar-refractivity contribution in [3.63, 3.8) is 0 Å². The number of furan rings is 1. The first-order valence-corrected chi connectivity index (χ1v) is 11.2. The van der Waals surface area contributed by atoms with E-state index < -0.39 is 0 Å². The van der Waals surface area contributed by atoms with Crippen LogP contribution < -0.4 is 5.32 Å². The van der Waals surface area contributed by atoms with Crippen molar-refractivity contribution < 1.29 is 14.0 Å². The molecule has 156 valence electrons.